The second kappa shape index (κ2) is 7.86. The van der Waals surface area contributed by atoms with Gasteiger partial charge in [0.2, 0.25) is 5.91 Å². The number of benzene rings is 1. The van der Waals surface area contributed by atoms with E-state index in [0.29, 0.717) is 20.7 Å². The quantitative estimate of drug-likeness (QED) is 0.347. The van der Waals surface area contributed by atoms with Crippen molar-refractivity contribution in [1.82, 2.24) is 14.5 Å². The molecule has 0 N–H and O–H groups in total. The van der Waals surface area contributed by atoms with Gasteiger partial charge in [-0.05, 0) is 23.6 Å². The molecule has 0 bridgehead atoms. The van der Waals surface area contributed by atoms with Crippen LogP contribution in [-0.4, -0.2) is 20.4 Å². The molecule has 0 aliphatic carbocycles. The Morgan fingerprint density at radius 2 is 1.96 bits per heavy atom. The molecule has 4 rings (SSSR count). The number of aromatic nitrogens is 3. The summed E-state index contributed by atoms with van der Waals surface area (Å²) in [6.45, 7) is 1.53. The van der Waals surface area contributed by atoms with Crippen molar-refractivity contribution < 1.29 is 4.79 Å². The highest BCUT2D eigenvalue weighted by Gasteiger charge is 2.18. The summed E-state index contributed by atoms with van der Waals surface area (Å²) < 4.78 is 2.24. The first kappa shape index (κ1) is 18.9. The van der Waals surface area contributed by atoms with Crippen molar-refractivity contribution in [3.63, 3.8) is 0 Å². The molecule has 9 heteroatoms. The molecule has 0 fully saturated rings. The molecule has 4 aromatic rings. The minimum absolute atomic E-state index is 0.0340. The molecule has 1 aromatic carbocycles. The minimum Gasteiger partial charge on any atom is -0.290 e. The fraction of sp³-hybridized carbons (Fsp3) is 0.158. The predicted octanol–water partition coefficient (Wildman–Crippen LogP) is 4.43. The van der Waals surface area contributed by atoms with E-state index < -0.39 is 0 Å². The molecule has 0 saturated heterocycles. The van der Waals surface area contributed by atoms with Crippen LogP contribution < -0.4 is 10.5 Å². The lowest BCUT2D eigenvalue weighted by Crippen LogP contribution is -2.22. The third-order valence-corrected chi connectivity index (χ3v) is 6.89. The van der Waals surface area contributed by atoms with Crippen LogP contribution in [0.1, 0.15) is 12.6 Å². The normalized spacial score (nSPS) is 11.1. The maximum Gasteiger partial charge on any atom is 0.271 e. The van der Waals surface area contributed by atoms with Crippen LogP contribution in [0, 0.1) is 0 Å². The molecule has 28 heavy (non-hydrogen) atoms. The number of para-hydroxylation sites is 1. The predicted molar refractivity (Wildman–Crippen MR) is 116 cm³/mol. The summed E-state index contributed by atoms with van der Waals surface area (Å²) in [5.41, 5.74) is 2.32. The zero-order valence-corrected chi connectivity index (χ0v) is 17.6. The lowest BCUT2D eigenvalue weighted by molar-refractivity contribution is -0.115. The standard InChI is InChI=1S/C19H16N4O2S3/c1-12(24)23(14-6-4-3-5-7-14)19-20-13(11-28-19)10-27-18-21-15-8-9-26-16(15)17(25)22(18)2/h3-9,11H,10H2,1-2H3. The van der Waals surface area contributed by atoms with E-state index in [9.17, 15) is 9.59 Å². The van der Waals surface area contributed by atoms with Crippen LogP contribution in [0.25, 0.3) is 10.2 Å². The summed E-state index contributed by atoms with van der Waals surface area (Å²) >= 11 is 4.28. The van der Waals surface area contributed by atoms with Gasteiger partial charge in [0.15, 0.2) is 10.3 Å². The Kier molecular flexibility index (Phi) is 5.29. The van der Waals surface area contributed by atoms with Crippen LogP contribution in [0.4, 0.5) is 10.8 Å². The maximum absolute atomic E-state index is 12.4. The molecule has 0 saturated carbocycles. The van der Waals surface area contributed by atoms with Crippen LogP contribution >= 0.6 is 34.4 Å². The molecule has 6 nitrogen and oxygen atoms in total. The first-order valence-electron chi connectivity index (χ1n) is 8.42. The van der Waals surface area contributed by atoms with Gasteiger partial charge in [0, 0.05) is 25.1 Å². The third-order valence-electron chi connectivity index (χ3n) is 4.06. The molecule has 0 radical (unpaired) electrons. The summed E-state index contributed by atoms with van der Waals surface area (Å²) in [5.74, 6) is 0.471. The van der Waals surface area contributed by atoms with Crippen molar-refractivity contribution in [1.29, 1.82) is 0 Å². The number of thioether (sulfide) groups is 1. The monoisotopic (exact) mass is 428 g/mol. The molecule has 142 valence electrons. The summed E-state index contributed by atoms with van der Waals surface area (Å²) in [6, 6.07) is 11.3. The number of hydrogen-bond acceptors (Lipinski definition) is 7. The van der Waals surface area contributed by atoms with Gasteiger partial charge in [-0.15, -0.1) is 22.7 Å². The van der Waals surface area contributed by atoms with E-state index in [4.69, 9.17) is 0 Å². The zero-order chi connectivity index (χ0) is 19.7. The topological polar surface area (TPSA) is 68.1 Å². The van der Waals surface area contributed by atoms with Gasteiger partial charge >= 0.3 is 0 Å². The first-order valence-corrected chi connectivity index (χ1v) is 11.2. The molecule has 0 aliphatic heterocycles. The number of fused-ring (bicyclic) bond motifs is 1. The number of carbonyl (C=O) groups excluding carboxylic acids is 1. The fourth-order valence-corrected chi connectivity index (χ4v) is 5.37. The van der Waals surface area contributed by atoms with Gasteiger partial charge in [-0.3, -0.25) is 19.1 Å². The van der Waals surface area contributed by atoms with E-state index in [-0.39, 0.29) is 11.5 Å². The number of hydrogen-bond donors (Lipinski definition) is 0. The van der Waals surface area contributed by atoms with Crippen molar-refractivity contribution in [3.05, 3.63) is 63.2 Å². The molecule has 1 amide bonds. The SMILES string of the molecule is CC(=O)N(c1ccccc1)c1nc(CSc2nc3ccsc3c(=O)n2C)cs1. The lowest BCUT2D eigenvalue weighted by atomic mass is 10.3. The minimum atomic E-state index is -0.0910. The average Bonchev–Trinajstić information content (AvgIpc) is 3.34. The van der Waals surface area contributed by atoms with Gasteiger partial charge in [-0.25, -0.2) is 9.97 Å². The molecule has 0 unspecified atom stereocenters. The smallest absolute Gasteiger partial charge is 0.271 e. The van der Waals surface area contributed by atoms with Crippen molar-refractivity contribution in [2.75, 3.05) is 4.90 Å². The van der Waals surface area contributed by atoms with Crippen molar-refractivity contribution in [2.45, 2.75) is 17.8 Å². The van der Waals surface area contributed by atoms with E-state index >= 15 is 0 Å². The average molecular weight is 429 g/mol. The largest absolute Gasteiger partial charge is 0.290 e. The molecule has 0 atom stereocenters. The van der Waals surface area contributed by atoms with Crippen LogP contribution in [0.3, 0.4) is 0 Å². The first-order chi connectivity index (χ1) is 13.5. The van der Waals surface area contributed by atoms with Crippen LogP contribution in [0.2, 0.25) is 0 Å². The Morgan fingerprint density at radius 1 is 1.18 bits per heavy atom. The fourth-order valence-electron chi connectivity index (χ4n) is 2.70. The number of thiophene rings is 1. The van der Waals surface area contributed by atoms with E-state index in [2.05, 4.69) is 9.97 Å². The highest BCUT2D eigenvalue weighted by molar-refractivity contribution is 7.98. The second-order valence-corrected chi connectivity index (χ2v) is 8.69. The van der Waals surface area contributed by atoms with Crippen LogP contribution in [-0.2, 0) is 17.6 Å². The summed E-state index contributed by atoms with van der Waals surface area (Å²) in [7, 11) is 1.73. The van der Waals surface area contributed by atoms with E-state index in [1.807, 2.05) is 47.2 Å². The Balaban J connectivity index is 1.56. The highest BCUT2D eigenvalue weighted by atomic mass is 32.2. The number of carbonyl (C=O) groups is 1. The Bertz CT molecular complexity index is 1200. The van der Waals surface area contributed by atoms with Gasteiger partial charge in [0.1, 0.15) is 4.70 Å². The van der Waals surface area contributed by atoms with E-state index in [0.717, 1.165) is 16.9 Å². The lowest BCUT2D eigenvalue weighted by Gasteiger charge is -2.17. The summed E-state index contributed by atoms with van der Waals surface area (Å²) in [4.78, 5) is 35.4. The van der Waals surface area contributed by atoms with Crippen LogP contribution in [0.5, 0.6) is 0 Å². The van der Waals surface area contributed by atoms with Gasteiger partial charge in [0.25, 0.3) is 5.56 Å². The van der Waals surface area contributed by atoms with Crippen LogP contribution in [0.15, 0.2) is 57.1 Å². The number of rotatable bonds is 5. The summed E-state index contributed by atoms with van der Waals surface area (Å²) in [6.07, 6.45) is 0. The van der Waals surface area contributed by atoms with Crippen molar-refractivity contribution in [2.24, 2.45) is 7.05 Å². The van der Waals surface area contributed by atoms with Gasteiger partial charge in [0.05, 0.1) is 16.9 Å². The van der Waals surface area contributed by atoms with E-state index in [1.165, 1.54) is 41.4 Å². The molecule has 3 heterocycles. The Hall–Kier alpha value is -2.49. The summed E-state index contributed by atoms with van der Waals surface area (Å²) in [5, 5.41) is 5.09. The van der Waals surface area contributed by atoms with Crippen molar-refractivity contribution >= 4 is 61.4 Å². The molecular weight excluding hydrogens is 412 g/mol. The number of thiazole rings is 1. The van der Waals surface area contributed by atoms with Gasteiger partial charge in [-0.2, -0.15) is 0 Å². The number of amides is 1. The molecule has 3 aromatic heterocycles. The Morgan fingerprint density at radius 3 is 2.71 bits per heavy atom. The molecular formula is C19H16N4O2S3. The number of anilines is 2. The van der Waals surface area contributed by atoms with Gasteiger partial charge < -0.3 is 0 Å². The third kappa shape index (κ3) is 3.60. The number of nitrogens with zero attached hydrogens (tertiary/aromatic N) is 4. The maximum atomic E-state index is 12.4. The van der Waals surface area contributed by atoms with Crippen molar-refractivity contribution in [3.8, 4) is 0 Å². The molecule has 0 spiro atoms. The zero-order valence-electron chi connectivity index (χ0n) is 15.2. The second-order valence-electron chi connectivity index (χ2n) is 5.99. The molecule has 0 aliphatic rings. The Labute approximate surface area is 173 Å². The highest BCUT2D eigenvalue weighted by Crippen LogP contribution is 2.31. The van der Waals surface area contributed by atoms with Gasteiger partial charge in [-0.1, -0.05) is 30.0 Å². The van der Waals surface area contributed by atoms with E-state index in [1.54, 1.807) is 16.5 Å².